The Morgan fingerprint density at radius 2 is 1.95 bits per heavy atom. The lowest BCUT2D eigenvalue weighted by Gasteiger charge is -2.29. The Bertz CT molecular complexity index is 487. The fourth-order valence-electron chi connectivity index (χ4n) is 2.49. The van der Waals surface area contributed by atoms with Gasteiger partial charge >= 0.3 is 0 Å². The molecule has 0 saturated carbocycles. The molecule has 0 spiro atoms. The minimum atomic E-state index is -2.90. The number of aliphatic imine (C=N–C) groups is 1. The van der Waals surface area contributed by atoms with E-state index in [1.165, 1.54) is 12.7 Å². The Kier molecular flexibility index (Phi) is 8.15. The summed E-state index contributed by atoms with van der Waals surface area (Å²) in [6, 6.07) is 0. The molecule has 22 heavy (non-hydrogen) atoms. The lowest BCUT2D eigenvalue weighted by Crippen LogP contribution is -2.44. The average Bonchev–Trinajstić information content (AvgIpc) is 2.67. The average molecular weight is 445 g/mol. The zero-order valence-corrected chi connectivity index (χ0v) is 17.9. The number of sulfone groups is 1. The second kappa shape index (κ2) is 8.17. The summed E-state index contributed by atoms with van der Waals surface area (Å²) in [5, 5.41) is 3.41. The lowest BCUT2D eigenvalue weighted by molar-refractivity contribution is 0.333. The van der Waals surface area contributed by atoms with Crippen LogP contribution >= 0.6 is 24.0 Å². The maximum atomic E-state index is 11.3. The third-order valence-electron chi connectivity index (χ3n) is 4.06. The number of hydrogen-bond acceptors (Lipinski definition) is 3. The molecular formula is C15H32IN3O2S. The van der Waals surface area contributed by atoms with E-state index in [1.807, 2.05) is 0 Å². The molecule has 5 nitrogen and oxygen atoms in total. The summed E-state index contributed by atoms with van der Waals surface area (Å²) in [5.41, 5.74) is 0.262. The van der Waals surface area contributed by atoms with Crippen molar-refractivity contribution in [2.75, 3.05) is 38.7 Å². The molecule has 1 aliphatic rings. The number of guanidine groups is 1. The van der Waals surface area contributed by atoms with Gasteiger partial charge in [0.2, 0.25) is 0 Å². The molecule has 0 aromatic carbocycles. The molecule has 0 bridgehead atoms. The van der Waals surface area contributed by atoms with Gasteiger partial charge in [0.25, 0.3) is 0 Å². The van der Waals surface area contributed by atoms with Crippen LogP contribution in [0.4, 0.5) is 0 Å². The maximum Gasteiger partial charge on any atom is 0.193 e. The van der Waals surface area contributed by atoms with E-state index in [0.717, 1.165) is 25.6 Å². The van der Waals surface area contributed by atoms with E-state index in [0.29, 0.717) is 11.8 Å². The molecule has 1 saturated heterocycles. The van der Waals surface area contributed by atoms with Crippen molar-refractivity contribution in [2.45, 2.75) is 40.5 Å². The fraction of sp³-hybridized carbons (Fsp3) is 0.933. The molecule has 1 aliphatic heterocycles. The van der Waals surface area contributed by atoms with Crippen molar-refractivity contribution in [3.63, 3.8) is 0 Å². The standard InChI is InChI=1S/C15H31N3O2S.HI/c1-14(2,8-10-21(6,19)20)11-17-13(16-5)18-9-7-15(3,4)12-18;/h7-12H2,1-6H3,(H,16,17);1H. The van der Waals surface area contributed by atoms with Crippen molar-refractivity contribution in [3.8, 4) is 0 Å². The summed E-state index contributed by atoms with van der Waals surface area (Å²) in [7, 11) is -1.10. The van der Waals surface area contributed by atoms with Crippen LogP contribution in [0.5, 0.6) is 0 Å². The SMILES string of the molecule is CN=C(NCC(C)(C)CCS(C)(=O)=O)N1CCC(C)(C)C1.I. The van der Waals surface area contributed by atoms with Gasteiger partial charge in [0, 0.05) is 32.9 Å². The van der Waals surface area contributed by atoms with Crippen LogP contribution in [0.2, 0.25) is 0 Å². The van der Waals surface area contributed by atoms with Crippen LogP contribution < -0.4 is 5.32 Å². The molecule has 0 unspecified atom stereocenters. The summed E-state index contributed by atoms with van der Waals surface area (Å²) in [6.45, 7) is 11.5. The minimum absolute atomic E-state index is 0. The molecule has 1 N–H and O–H groups in total. The van der Waals surface area contributed by atoms with Gasteiger partial charge in [0.15, 0.2) is 5.96 Å². The van der Waals surface area contributed by atoms with Crippen LogP contribution in [0.1, 0.15) is 40.5 Å². The smallest absolute Gasteiger partial charge is 0.193 e. The predicted octanol–water partition coefficient (Wildman–Crippen LogP) is 2.37. The van der Waals surface area contributed by atoms with E-state index in [1.54, 1.807) is 7.05 Å². The molecule has 0 aliphatic carbocycles. The second-order valence-corrected chi connectivity index (χ2v) is 10.0. The molecule has 0 aromatic rings. The molecule has 0 atom stereocenters. The second-order valence-electron chi connectivity index (χ2n) is 7.78. The number of nitrogens with one attached hydrogen (secondary N) is 1. The summed E-state index contributed by atoms with van der Waals surface area (Å²) < 4.78 is 22.6. The van der Waals surface area contributed by atoms with Crippen LogP contribution in [0.15, 0.2) is 4.99 Å². The monoisotopic (exact) mass is 445 g/mol. The Labute approximate surface area is 153 Å². The topological polar surface area (TPSA) is 61.8 Å². The van der Waals surface area contributed by atoms with Crippen molar-refractivity contribution < 1.29 is 8.42 Å². The molecule has 132 valence electrons. The highest BCUT2D eigenvalue weighted by Crippen LogP contribution is 2.29. The molecule has 1 fully saturated rings. The Morgan fingerprint density at radius 1 is 1.36 bits per heavy atom. The van der Waals surface area contributed by atoms with E-state index < -0.39 is 9.84 Å². The van der Waals surface area contributed by atoms with Gasteiger partial charge in [-0.2, -0.15) is 0 Å². The van der Waals surface area contributed by atoms with Gasteiger partial charge in [0.1, 0.15) is 9.84 Å². The first-order chi connectivity index (χ1) is 9.44. The molecular weight excluding hydrogens is 413 g/mol. The first kappa shape index (κ1) is 21.9. The summed E-state index contributed by atoms with van der Waals surface area (Å²) in [6.07, 6.45) is 3.12. The van der Waals surface area contributed by atoms with Crippen molar-refractivity contribution in [1.29, 1.82) is 0 Å². The van der Waals surface area contributed by atoms with Crippen molar-refractivity contribution in [2.24, 2.45) is 15.8 Å². The zero-order chi connectivity index (χ0) is 16.3. The van der Waals surface area contributed by atoms with Crippen LogP contribution in [0, 0.1) is 10.8 Å². The Hall–Kier alpha value is -0.0500. The van der Waals surface area contributed by atoms with Crippen LogP contribution in [-0.2, 0) is 9.84 Å². The molecule has 0 radical (unpaired) electrons. The largest absolute Gasteiger partial charge is 0.356 e. The number of hydrogen-bond donors (Lipinski definition) is 1. The van der Waals surface area contributed by atoms with E-state index in [4.69, 9.17) is 0 Å². The first-order valence-corrected chi connectivity index (χ1v) is 9.64. The third kappa shape index (κ3) is 7.99. The highest BCUT2D eigenvalue weighted by molar-refractivity contribution is 14.0. The van der Waals surface area contributed by atoms with Crippen molar-refractivity contribution in [1.82, 2.24) is 10.2 Å². The van der Waals surface area contributed by atoms with Gasteiger partial charge in [-0.3, -0.25) is 4.99 Å². The van der Waals surface area contributed by atoms with Crippen LogP contribution in [0.25, 0.3) is 0 Å². The van der Waals surface area contributed by atoms with E-state index in [9.17, 15) is 8.42 Å². The van der Waals surface area contributed by atoms with E-state index >= 15 is 0 Å². The molecule has 0 amide bonds. The van der Waals surface area contributed by atoms with Gasteiger partial charge < -0.3 is 10.2 Å². The Balaban J connectivity index is 0.00000441. The minimum Gasteiger partial charge on any atom is -0.356 e. The van der Waals surface area contributed by atoms with Crippen LogP contribution in [0.3, 0.4) is 0 Å². The molecule has 7 heteroatoms. The number of likely N-dealkylation sites (tertiary alicyclic amines) is 1. The summed E-state index contributed by atoms with van der Waals surface area (Å²) in [5.74, 6) is 1.16. The van der Waals surface area contributed by atoms with Gasteiger partial charge in [-0.15, -0.1) is 24.0 Å². The van der Waals surface area contributed by atoms with E-state index in [2.05, 4.69) is 42.9 Å². The molecule has 1 rings (SSSR count). The summed E-state index contributed by atoms with van der Waals surface area (Å²) >= 11 is 0. The zero-order valence-electron chi connectivity index (χ0n) is 14.8. The quantitative estimate of drug-likeness (QED) is 0.401. The van der Waals surface area contributed by atoms with E-state index in [-0.39, 0.29) is 35.1 Å². The number of nitrogens with zero attached hydrogens (tertiary/aromatic N) is 2. The molecule has 0 aromatic heterocycles. The fourth-order valence-corrected chi connectivity index (χ4v) is 3.42. The Morgan fingerprint density at radius 3 is 2.36 bits per heavy atom. The van der Waals surface area contributed by atoms with Gasteiger partial charge in [-0.1, -0.05) is 27.7 Å². The maximum absolute atomic E-state index is 11.3. The first-order valence-electron chi connectivity index (χ1n) is 7.57. The number of halogens is 1. The lowest BCUT2D eigenvalue weighted by atomic mass is 9.90. The normalized spacial score (nSPS) is 19.0. The highest BCUT2D eigenvalue weighted by Gasteiger charge is 2.31. The van der Waals surface area contributed by atoms with Gasteiger partial charge in [0.05, 0.1) is 5.75 Å². The van der Waals surface area contributed by atoms with Gasteiger partial charge in [-0.05, 0) is 23.7 Å². The number of rotatable bonds is 5. The van der Waals surface area contributed by atoms with Crippen molar-refractivity contribution >= 4 is 39.8 Å². The van der Waals surface area contributed by atoms with Gasteiger partial charge in [-0.25, -0.2) is 8.42 Å². The summed E-state index contributed by atoms with van der Waals surface area (Å²) in [4.78, 5) is 6.65. The van der Waals surface area contributed by atoms with Crippen molar-refractivity contribution in [3.05, 3.63) is 0 Å². The third-order valence-corrected chi connectivity index (χ3v) is 5.01. The van der Waals surface area contributed by atoms with Crippen LogP contribution in [-0.4, -0.2) is 58.0 Å². The highest BCUT2D eigenvalue weighted by atomic mass is 127. The predicted molar refractivity (Wildman–Crippen MR) is 105 cm³/mol. The molecule has 1 heterocycles.